The molecule has 1 aliphatic rings. The van der Waals surface area contributed by atoms with Crippen LogP contribution in [0.5, 0.6) is 0 Å². The van der Waals surface area contributed by atoms with E-state index >= 15 is 0 Å². The van der Waals surface area contributed by atoms with Crippen molar-refractivity contribution in [2.75, 3.05) is 0 Å². The zero-order valence-electron chi connectivity index (χ0n) is 24.0. The summed E-state index contributed by atoms with van der Waals surface area (Å²) in [4.78, 5) is 0. The van der Waals surface area contributed by atoms with E-state index in [1.165, 1.54) is 98.4 Å². The third-order valence-electron chi connectivity index (χ3n) is 9.76. The summed E-state index contributed by atoms with van der Waals surface area (Å²) in [6, 6.07) is 58.5. The second-order valence-corrected chi connectivity index (χ2v) is 12.0. The summed E-state index contributed by atoms with van der Waals surface area (Å²) in [5.41, 5.74) is 10.4. The van der Waals surface area contributed by atoms with Gasteiger partial charge in [-0.15, -0.1) is 0 Å². The number of fused-ring (bicyclic) bond motifs is 11. The molecule has 0 bridgehead atoms. The molecule has 0 saturated heterocycles. The lowest BCUT2D eigenvalue weighted by molar-refractivity contribution is 1.63. The van der Waals surface area contributed by atoms with Crippen LogP contribution in [0.15, 0.2) is 158 Å². The molecule has 202 valence electrons. The Bertz CT molecular complexity index is 2640. The van der Waals surface area contributed by atoms with Gasteiger partial charge in [0.25, 0.3) is 0 Å². The molecule has 0 nitrogen and oxygen atoms in total. The molecule has 0 N–H and O–H groups in total. The number of benzene rings is 9. The Kier molecular flexibility index (Phi) is 4.81. The number of hydrogen-bond acceptors (Lipinski definition) is 0. The first-order valence-corrected chi connectivity index (χ1v) is 15.4. The van der Waals surface area contributed by atoms with E-state index in [0.717, 1.165) is 0 Å². The summed E-state index contributed by atoms with van der Waals surface area (Å²) in [5, 5.41) is 13.1. The summed E-state index contributed by atoms with van der Waals surface area (Å²) >= 11 is 0. The van der Waals surface area contributed by atoms with Gasteiger partial charge >= 0.3 is 0 Å². The highest BCUT2D eigenvalue weighted by Crippen LogP contribution is 2.49. The van der Waals surface area contributed by atoms with Crippen molar-refractivity contribution in [2.45, 2.75) is 0 Å². The second-order valence-electron chi connectivity index (χ2n) is 12.0. The van der Waals surface area contributed by atoms with Crippen molar-refractivity contribution in [1.82, 2.24) is 0 Å². The van der Waals surface area contributed by atoms with Crippen molar-refractivity contribution in [1.29, 1.82) is 0 Å². The average molecular weight is 555 g/mol. The topological polar surface area (TPSA) is 0 Å². The van der Waals surface area contributed by atoms with E-state index in [-0.39, 0.29) is 0 Å². The first kappa shape index (κ1) is 23.8. The minimum absolute atomic E-state index is 1.24. The highest BCUT2D eigenvalue weighted by atomic mass is 14.2. The summed E-state index contributed by atoms with van der Waals surface area (Å²) in [7, 11) is 0. The van der Waals surface area contributed by atoms with Gasteiger partial charge in [0.15, 0.2) is 0 Å². The van der Waals surface area contributed by atoms with Gasteiger partial charge in [-0.25, -0.2) is 0 Å². The van der Waals surface area contributed by atoms with Crippen LogP contribution >= 0.6 is 0 Å². The van der Waals surface area contributed by atoms with Crippen LogP contribution in [0, 0.1) is 0 Å². The normalized spacial score (nSPS) is 12.1. The molecule has 0 aliphatic heterocycles. The van der Waals surface area contributed by atoms with Crippen molar-refractivity contribution >= 4 is 53.9 Å². The van der Waals surface area contributed by atoms with E-state index in [2.05, 4.69) is 158 Å². The van der Waals surface area contributed by atoms with Crippen LogP contribution in [-0.2, 0) is 0 Å². The van der Waals surface area contributed by atoms with E-state index in [0.29, 0.717) is 0 Å². The van der Waals surface area contributed by atoms with E-state index in [9.17, 15) is 0 Å². The Labute approximate surface area is 255 Å². The maximum absolute atomic E-state index is 2.43. The van der Waals surface area contributed by atoms with Gasteiger partial charge in [0.05, 0.1) is 0 Å². The Hall–Kier alpha value is -5.72. The van der Waals surface area contributed by atoms with E-state index in [4.69, 9.17) is 0 Å². The lowest BCUT2D eigenvalue weighted by Crippen LogP contribution is -1.89. The van der Waals surface area contributed by atoms with Crippen LogP contribution in [0.4, 0.5) is 0 Å². The fourth-order valence-corrected chi connectivity index (χ4v) is 7.83. The first-order valence-electron chi connectivity index (χ1n) is 15.4. The van der Waals surface area contributed by atoms with Crippen molar-refractivity contribution in [3.63, 3.8) is 0 Å². The molecule has 0 heteroatoms. The molecule has 0 radical (unpaired) electrons. The molecule has 0 saturated carbocycles. The van der Waals surface area contributed by atoms with Gasteiger partial charge in [-0.2, -0.15) is 0 Å². The molecule has 0 spiro atoms. The fraction of sp³-hybridized carbons (Fsp3) is 0. The van der Waals surface area contributed by atoms with Crippen molar-refractivity contribution in [2.24, 2.45) is 0 Å². The maximum atomic E-state index is 2.43. The van der Waals surface area contributed by atoms with Crippen LogP contribution in [0.2, 0.25) is 0 Å². The Balaban J connectivity index is 1.18. The second kappa shape index (κ2) is 8.89. The Morgan fingerprint density at radius 3 is 1.48 bits per heavy atom. The lowest BCUT2D eigenvalue weighted by Gasteiger charge is -2.16. The molecule has 0 heterocycles. The van der Waals surface area contributed by atoms with Crippen LogP contribution in [0.1, 0.15) is 0 Å². The largest absolute Gasteiger partial charge is 0.0616 e. The molecule has 1 aliphatic carbocycles. The number of rotatable bonds is 2. The van der Waals surface area contributed by atoms with Gasteiger partial charge in [0.2, 0.25) is 0 Å². The van der Waals surface area contributed by atoms with Gasteiger partial charge in [0, 0.05) is 0 Å². The molecule has 0 amide bonds. The number of hydrogen-bond donors (Lipinski definition) is 0. The molecule has 44 heavy (non-hydrogen) atoms. The first-order chi connectivity index (χ1) is 21.8. The van der Waals surface area contributed by atoms with Crippen molar-refractivity contribution < 1.29 is 0 Å². The van der Waals surface area contributed by atoms with E-state index in [1.54, 1.807) is 0 Å². The van der Waals surface area contributed by atoms with Crippen molar-refractivity contribution in [3.05, 3.63) is 158 Å². The molecular formula is C44H26. The fourth-order valence-electron chi connectivity index (χ4n) is 7.83. The standard InChI is InChI=1S/C44H26/c1-3-14-34-31(11-1)32-12-5-7-17-38(32)44-39-18-8-6-16-36(39)40(26-42(34)44)28-22-20-27(21-23-28)30-24-29-10-9-19-37-33-13-2-4-15-35(33)41(25-30)43(29)37/h1-26H. The molecule has 0 unspecified atom stereocenters. The van der Waals surface area contributed by atoms with Gasteiger partial charge in [0.1, 0.15) is 0 Å². The predicted molar refractivity (Wildman–Crippen MR) is 189 cm³/mol. The summed E-state index contributed by atoms with van der Waals surface area (Å²) in [6.07, 6.45) is 0. The van der Waals surface area contributed by atoms with Crippen molar-refractivity contribution in [3.8, 4) is 44.5 Å². The van der Waals surface area contributed by atoms with Crippen LogP contribution in [0.3, 0.4) is 0 Å². The summed E-state index contributed by atoms with van der Waals surface area (Å²) in [5.74, 6) is 0. The monoisotopic (exact) mass is 554 g/mol. The molecule has 0 atom stereocenters. The van der Waals surface area contributed by atoms with Crippen LogP contribution in [0.25, 0.3) is 98.4 Å². The quantitative estimate of drug-likeness (QED) is 0.186. The SMILES string of the molecule is c1ccc2c(c1)-c1cccc3cc(-c4ccc(-c5cc6c7ccccc7c7ccccc7c6c6ccccc56)cc4)cc-2c13. The molecule has 0 aromatic heterocycles. The Morgan fingerprint density at radius 1 is 0.227 bits per heavy atom. The zero-order chi connectivity index (χ0) is 28.8. The minimum Gasteiger partial charge on any atom is -0.0616 e. The van der Waals surface area contributed by atoms with Gasteiger partial charge < -0.3 is 0 Å². The molecule has 10 rings (SSSR count). The zero-order valence-corrected chi connectivity index (χ0v) is 24.0. The maximum Gasteiger partial charge on any atom is -0.00199 e. The molecule has 9 aromatic carbocycles. The van der Waals surface area contributed by atoms with Crippen LogP contribution in [-0.4, -0.2) is 0 Å². The minimum atomic E-state index is 1.24. The Morgan fingerprint density at radius 2 is 0.750 bits per heavy atom. The summed E-state index contributed by atoms with van der Waals surface area (Å²) < 4.78 is 0. The van der Waals surface area contributed by atoms with Gasteiger partial charge in [-0.3, -0.25) is 0 Å². The molecule has 0 fully saturated rings. The lowest BCUT2D eigenvalue weighted by atomic mass is 9.87. The van der Waals surface area contributed by atoms with Crippen LogP contribution < -0.4 is 0 Å². The van der Waals surface area contributed by atoms with Gasteiger partial charge in [-0.1, -0.05) is 140 Å². The van der Waals surface area contributed by atoms with E-state index < -0.39 is 0 Å². The summed E-state index contributed by atoms with van der Waals surface area (Å²) in [6.45, 7) is 0. The smallest absolute Gasteiger partial charge is 0.00199 e. The third kappa shape index (κ3) is 3.23. The van der Waals surface area contributed by atoms with E-state index in [1.807, 2.05) is 0 Å². The highest BCUT2D eigenvalue weighted by molar-refractivity contribution is 6.33. The van der Waals surface area contributed by atoms with Gasteiger partial charge in [-0.05, 0) is 117 Å². The predicted octanol–water partition coefficient (Wildman–Crippen LogP) is 12.4. The molecular weight excluding hydrogens is 528 g/mol. The molecule has 9 aromatic rings. The average Bonchev–Trinajstić information content (AvgIpc) is 3.42. The highest BCUT2D eigenvalue weighted by Gasteiger charge is 2.22. The third-order valence-corrected chi connectivity index (χ3v) is 9.76.